The van der Waals surface area contributed by atoms with Crippen molar-refractivity contribution >= 4 is 23.8 Å². The Morgan fingerprint density at radius 1 is 1.27 bits per heavy atom. The van der Waals surface area contributed by atoms with E-state index in [4.69, 9.17) is 4.74 Å². The summed E-state index contributed by atoms with van der Waals surface area (Å²) < 4.78 is 7.03. The van der Waals surface area contributed by atoms with Gasteiger partial charge in [-0.3, -0.25) is 9.48 Å². The van der Waals surface area contributed by atoms with E-state index in [0.29, 0.717) is 18.7 Å². The van der Waals surface area contributed by atoms with Gasteiger partial charge in [-0.1, -0.05) is 12.6 Å². The maximum Gasteiger partial charge on any atom is 0.331 e. The summed E-state index contributed by atoms with van der Waals surface area (Å²) >= 11 is 0. The van der Waals surface area contributed by atoms with Gasteiger partial charge in [0.05, 0.1) is 19.3 Å². The first-order valence-corrected chi connectivity index (χ1v) is 9.80. The number of amides is 1. The lowest BCUT2D eigenvalue weighted by molar-refractivity contribution is -0.148. The van der Waals surface area contributed by atoms with Crippen LogP contribution >= 0.6 is 0 Å². The van der Waals surface area contributed by atoms with E-state index in [9.17, 15) is 9.59 Å². The Balaban J connectivity index is 1.76. The number of benzene rings is 1. The summed E-state index contributed by atoms with van der Waals surface area (Å²) in [6.07, 6.45) is 4.87. The summed E-state index contributed by atoms with van der Waals surface area (Å²) in [7, 11) is 1.85. The molecule has 0 saturated heterocycles. The Morgan fingerprint density at radius 2 is 2.00 bits per heavy atom. The Labute approximate surface area is 177 Å². The number of aromatic nitrogens is 2. The number of ether oxygens (including phenoxy) is 1. The standard InChI is InChI=1S/C23H28N4O3/c1-15-11-18(8-7-17(15)9-10-20(28)30-23(3,4)5)22(29)27-13-16(2)25-21-19(14-27)12-24-26(21)6/h7-12,25H,2,13-14H2,1,3-6H3/b10-9+. The minimum atomic E-state index is -0.535. The summed E-state index contributed by atoms with van der Waals surface area (Å²) in [6.45, 7) is 12.3. The molecule has 2 aromatic rings. The van der Waals surface area contributed by atoms with E-state index in [1.807, 2.05) is 46.9 Å². The number of hydrogen-bond donors (Lipinski definition) is 1. The maximum atomic E-state index is 13.1. The van der Waals surface area contributed by atoms with Crippen LogP contribution in [-0.2, 0) is 23.1 Å². The molecule has 0 bridgehead atoms. The van der Waals surface area contributed by atoms with Crippen LogP contribution < -0.4 is 5.32 Å². The molecule has 0 atom stereocenters. The summed E-state index contributed by atoms with van der Waals surface area (Å²) in [6, 6.07) is 5.45. The van der Waals surface area contributed by atoms with E-state index in [-0.39, 0.29) is 5.91 Å². The average molecular weight is 409 g/mol. The van der Waals surface area contributed by atoms with Crippen LogP contribution in [0.2, 0.25) is 0 Å². The second-order valence-corrected chi connectivity index (χ2v) is 8.47. The molecule has 1 aliphatic heterocycles. The van der Waals surface area contributed by atoms with E-state index < -0.39 is 11.6 Å². The van der Waals surface area contributed by atoms with Crippen molar-refractivity contribution in [3.05, 3.63) is 65.0 Å². The number of rotatable bonds is 3. The molecule has 0 spiro atoms. The van der Waals surface area contributed by atoms with E-state index in [2.05, 4.69) is 17.0 Å². The number of anilines is 1. The van der Waals surface area contributed by atoms with Crippen LogP contribution in [0.15, 0.2) is 42.7 Å². The van der Waals surface area contributed by atoms with E-state index in [1.165, 1.54) is 6.08 Å². The molecule has 0 unspecified atom stereocenters. The van der Waals surface area contributed by atoms with Gasteiger partial charge in [-0.2, -0.15) is 5.10 Å². The zero-order valence-corrected chi connectivity index (χ0v) is 18.2. The number of aryl methyl sites for hydroxylation is 2. The second kappa shape index (κ2) is 8.18. The van der Waals surface area contributed by atoms with Gasteiger partial charge in [-0.15, -0.1) is 0 Å². The van der Waals surface area contributed by atoms with Crippen molar-refractivity contribution in [3.8, 4) is 0 Å². The van der Waals surface area contributed by atoms with Crippen molar-refractivity contribution < 1.29 is 14.3 Å². The molecule has 1 aliphatic rings. The van der Waals surface area contributed by atoms with Gasteiger partial charge in [0.1, 0.15) is 11.4 Å². The van der Waals surface area contributed by atoms with Gasteiger partial charge in [0, 0.05) is 29.9 Å². The minimum Gasteiger partial charge on any atom is -0.457 e. The second-order valence-electron chi connectivity index (χ2n) is 8.47. The zero-order valence-electron chi connectivity index (χ0n) is 18.2. The van der Waals surface area contributed by atoms with Gasteiger partial charge >= 0.3 is 5.97 Å². The topological polar surface area (TPSA) is 76.5 Å². The van der Waals surface area contributed by atoms with Crippen LogP contribution in [0, 0.1) is 6.92 Å². The Hall–Kier alpha value is -3.35. The van der Waals surface area contributed by atoms with Crippen LogP contribution in [0.1, 0.15) is 47.8 Å². The SMILES string of the molecule is C=C1CN(C(=O)c2ccc(/C=C/C(=O)OC(C)(C)C)c(C)c2)Cc2cnn(C)c2N1. The third-order valence-electron chi connectivity index (χ3n) is 4.66. The Morgan fingerprint density at radius 3 is 2.67 bits per heavy atom. The van der Waals surface area contributed by atoms with Gasteiger partial charge in [0.25, 0.3) is 5.91 Å². The molecular weight excluding hydrogens is 380 g/mol. The highest BCUT2D eigenvalue weighted by Crippen LogP contribution is 2.24. The number of carbonyl (C=O) groups excluding carboxylic acids is 2. The van der Waals surface area contributed by atoms with Crippen molar-refractivity contribution in [2.24, 2.45) is 7.05 Å². The lowest BCUT2D eigenvalue weighted by Gasteiger charge is -2.21. The van der Waals surface area contributed by atoms with Gasteiger partial charge in [0.2, 0.25) is 0 Å². The molecule has 7 nitrogen and oxygen atoms in total. The number of carbonyl (C=O) groups is 2. The molecule has 2 heterocycles. The first kappa shape index (κ1) is 21.4. The third-order valence-corrected chi connectivity index (χ3v) is 4.66. The number of hydrogen-bond acceptors (Lipinski definition) is 5. The third kappa shape index (κ3) is 4.97. The molecule has 1 amide bonds. The summed E-state index contributed by atoms with van der Waals surface area (Å²) in [5.41, 5.74) is 3.48. The fraction of sp³-hybridized carbons (Fsp3) is 0.348. The van der Waals surface area contributed by atoms with Crippen LogP contribution in [0.4, 0.5) is 5.82 Å². The molecule has 158 valence electrons. The normalized spacial score (nSPS) is 14.3. The largest absolute Gasteiger partial charge is 0.457 e. The molecule has 3 rings (SSSR count). The molecular formula is C23H28N4O3. The molecule has 0 saturated carbocycles. The van der Waals surface area contributed by atoms with Crippen LogP contribution in [0.25, 0.3) is 6.08 Å². The maximum absolute atomic E-state index is 13.1. The first-order valence-electron chi connectivity index (χ1n) is 9.80. The van der Waals surface area contributed by atoms with Crippen LogP contribution in [0.3, 0.4) is 0 Å². The van der Waals surface area contributed by atoms with Gasteiger partial charge < -0.3 is 15.0 Å². The number of nitrogens with one attached hydrogen (secondary N) is 1. The Bertz CT molecular complexity index is 1030. The number of nitrogens with zero attached hydrogens (tertiary/aromatic N) is 3. The van der Waals surface area contributed by atoms with E-state index in [1.54, 1.807) is 27.9 Å². The number of fused-ring (bicyclic) bond motifs is 1. The van der Waals surface area contributed by atoms with E-state index in [0.717, 1.165) is 28.2 Å². The minimum absolute atomic E-state index is 0.0829. The fourth-order valence-electron chi connectivity index (χ4n) is 3.27. The van der Waals surface area contributed by atoms with Gasteiger partial charge in [-0.05, 0) is 57.0 Å². The summed E-state index contributed by atoms with van der Waals surface area (Å²) in [4.78, 5) is 26.8. The van der Waals surface area contributed by atoms with Crippen LogP contribution in [-0.4, -0.2) is 38.7 Å². The summed E-state index contributed by atoms with van der Waals surface area (Å²) in [5, 5.41) is 7.48. The predicted octanol–water partition coefficient (Wildman–Crippen LogP) is 3.67. The molecule has 1 aromatic carbocycles. The quantitative estimate of drug-likeness (QED) is 0.620. The Kier molecular flexibility index (Phi) is 5.82. The van der Waals surface area contributed by atoms with E-state index >= 15 is 0 Å². The fourth-order valence-corrected chi connectivity index (χ4v) is 3.27. The molecule has 7 heteroatoms. The molecule has 0 fully saturated rings. The molecule has 0 aliphatic carbocycles. The highest BCUT2D eigenvalue weighted by Gasteiger charge is 2.24. The van der Waals surface area contributed by atoms with Crippen molar-refractivity contribution in [3.63, 3.8) is 0 Å². The molecule has 1 aromatic heterocycles. The number of esters is 1. The highest BCUT2D eigenvalue weighted by molar-refractivity contribution is 5.95. The molecule has 0 radical (unpaired) electrons. The monoisotopic (exact) mass is 408 g/mol. The lowest BCUT2D eigenvalue weighted by atomic mass is 10.0. The molecule has 30 heavy (non-hydrogen) atoms. The van der Waals surface area contributed by atoms with Gasteiger partial charge in [0.15, 0.2) is 0 Å². The zero-order chi connectivity index (χ0) is 22.1. The lowest BCUT2D eigenvalue weighted by Crippen LogP contribution is -2.31. The predicted molar refractivity (Wildman–Crippen MR) is 117 cm³/mol. The molecule has 1 N–H and O–H groups in total. The average Bonchev–Trinajstić information content (AvgIpc) is 2.88. The van der Waals surface area contributed by atoms with Crippen molar-refractivity contribution in [1.29, 1.82) is 0 Å². The van der Waals surface area contributed by atoms with Crippen molar-refractivity contribution in [2.75, 3.05) is 11.9 Å². The van der Waals surface area contributed by atoms with Crippen LogP contribution in [0.5, 0.6) is 0 Å². The van der Waals surface area contributed by atoms with Crippen molar-refractivity contribution in [1.82, 2.24) is 14.7 Å². The summed E-state index contributed by atoms with van der Waals surface area (Å²) in [5.74, 6) is 0.374. The smallest absolute Gasteiger partial charge is 0.331 e. The highest BCUT2D eigenvalue weighted by atomic mass is 16.6. The van der Waals surface area contributed by atoms with Crippen molar-refractivity contribution in [2.45, 2.75) is 39.8 Å². The van der Waals surface area contributed by atoms with Gasteiger partial charge in [-0.25, -0.2) is 4.79 Å². The first-order chi connectivity index (χ1) is 14.0.